The monoisotopic (exact) mass is 203 g/mol. The molecule has 4 heteroatoms. The van der Waals surface area contributed by atoms with Crippen LogP contribution in [0.3, 0.4) is 0 Å². The van der Waals surface area contributed by atoms with E-state index in [9.17, 15) is 8.42 Å². The first kappa shape index (κ1) is 12.4. The van der Waals surface area contributed by atoms with Gasteiger partial charge in [-0.15, -0.1) is 0 Å². The highest BCUT2D eigenvalue weighted by Crippen LogP contribution is 2.17. The first-order chi connectivity index (χ1) is 5.84. The van der Waals surface area contributed by atoms with Crippen molar-refractivity contribution < 1.29 is 8.42 Å². The van der Waals surface area contributed by atoms with Crippen molar-refractivity contribution in [3.05, 3.63) is 6.08 Å². The summed E-state index contributed by atoms with van der Waals surface area (Å²) in [5.74, 6) is 0. The van der Waals surface area contributed by atoms with E-state index in [1.165, 1.54) is 6.08 Å². The summed E-state index contributed by atoms with van der Waals surface area (Å²) in [6.07, 6.45) is 1.48. The van der Waals surface area contributed by atoms with Crippen LogP contribution >= 0.6 is 0 Å². The van der Waals surface area contributed by atoms with Crippen LogP contribution in [0, 0.1) is 5.41 Å². The van der Waals surface area contributed by atoms with Crippen molar-refractivity contribution in [3.63, 3.8) is 0 Å². The van der Waals surface area contributed by atoms with E-state index in [1.807, 2.05) is 0 Å². The van der Waals surface area contributed by atoms with Crippen LogP contribution in [0.5, 0.6) is 0 Å². The summed E-state index contributed by atoms with van der Waals surface area (Å²) in [6.45, 7) is 8.99. The van der Waals surface area contributed by atoms with Gasteiger partial charge in [-0.2, -0.15) is 8.42 Å². The van der Waals surface area contributed by atoms with Crippen LogP contribution in [-0.2, 0) is 10.3 Å². The van der Waals surface area contributed by atoms with E-state index in [4.69, 9.17) is 0 Å². The minimum atomic E-state index is -2.20. The maximum absolute atomic E-state index is 10.1. The molecule has 3 nitrogen and oxygen atoms in total. The molecule has 0 aromatic rings. The smallest absolute Gasteiger partial charge is 0.260 e. The summed E-state index contributed by atoms with van der Waals surface area (Å²) in [6, 6.07) is 0.339. The lowest BCUT2D eigenvalue weighted by atomic mass is 9.88. The Labute approximate surface area is 81.4 Å². The van der Waals surface area contributed by atoms with Crippen molar-refractivity contribution in [2.45, 2.75) is 33.7 Å². The predicted octanol–water partition coefficient (Wildman–Crippen LogP) is 0.847. The topological polar surface area (TPSA) is 46.2 Å². The molecule has 1 N–H and O–H groups in total. The van der Waals surface area contributed by atoms with E-state index < -0.39 is 10.3 Å². The lowest BCUT2D eigenvalue weighted by molar-refractivity contribution is 0.294. The van der Waals surface area contributed by atoms with Crippen LogP contribution in [0.2, 0.25) is 0 Å². The third kappa shape index (κ3) is 6.58. The third-order valence-electron chi connectivity index (χ3n) is 2.00. The highest BCUT2D eigenvalue weighted by Gasteiger charge is 2.18. The number of hydrogen-bond donors (Lipinski definition) is 1. The molecular formula is C9H17NO2S. The number of nitrogens with one attached hydrogen (secondary N) is 1. The standard InChI is InChI=1S/C9H17NO2S/c1-8(9(2,3)4)10-6-5-7-13(11)12/h5,8,10H,6H2,1-4H3. The molecule has 0 heterocycles. The van der Waals surface area contributed by atoms with E-state index in [2.05, 4.69) is 38.0 Å². The molecule has 0 aliphatic carbocycles. The zero-order valence-electron chi connectivity index (χ0n) is 8.59. The van der Waals surface area contributed by atoms with Crippen LogP contribution in [0.15, 0.2) is 6.08 Å². The predicted molar refractivity (Wildman–Crippen MR) is 55.4 cm³/mol. The Morgan fingerprint density at radius 1 is 1.46 bits per heavy atom. The molecule has 0 spiro atoms. The summed E-state index contributed by atoms with van der Waals surface area (Å²) < 4.78 is 20.1. The Morgan fingerprint density at radius 3 is 2.38 bits per heavy atom. The fourth-order valence-corrected chi connectivity index (χ4v) is 0.871. The van der Waals surface area contributed by atoms with Gasteiger partial charge in [0.25, 0.3) is 10.3 Å². The van der Waals surface area contributed by atoms with Gasteiger partial charge >= 0.3 is 0 Å². The summed E-state index contributed by atoms with van der Waals surface area (Å²) in [4.78, 5) is 0. The lowest BCUT2D eigenvalue weighted by Crippen LogP contribution is -2.37. The minimum absolute atomic E-state index is 0.185. The maximum Gasteiger partial charge on any atom is 0.260 e. The minimum Gasteiger partial charge on any atom is -0.310 e. The molecule has 0 amide bonds. The van der Waals surface area contributed by atoms with Gasteiger partial charge in [-0.1, -0.05) is 20.8 Å². The molecule has 1 atom stereocenters. The molecule has 0 aromatic carbocycles. The summed E-state index contributed by atoms with van der Waals surface area (Å²) in [5.41, 5.74) is 0.185. The fourth-order valence-electron chi connectivity index (χ4n) is 0.652. The van der Waals surface area contributed by atoms with Gasteiger partial charge in [-0.25, -0.2) is 0 Å². The maximum atomic E-state index is 10.1. The highest BCUT2D eigenvalue weighted by atomic mass is 32.2. The molecule has 0 aromatic heterocycles. The van der Waals surface area contributed by atoms with Gasteiger partial charge in [0, 0.05) is 17.6 Å². The molecular weight excluding hydrogens is 186 g/mol. The molecule has 0 radical (unpaired) electrons. The Hall–Kier alpha value is -0.570. The van der Waals surface area contributed by atoms with Crippen LogP contribution in [0.4, 0.5) is 0 Å². The molecule has 1 unspecified atom stereocenters. The second kappa shape index (κ2) is 5.22. The van der Waals surface area contributed by atoms with E-state index in [0.29, 0.717) is 12.6 Å². The molecule has 0 rings (SSSR count). The first-order valence-corrected chi connectivity index (χ1v) is 5.32. The van der Waals surface area contributed by atoms with Crippen LogP contribution in [-0.4, -0.2) is 26.0 Å². The number of hydrogen-bond acceptors (Lipinski definition) is 3. The van der Waals surface area contributed by atoms with Crippen LogP contribution < -0.4 is 5.32 Å². The Bertz CT molecular complexity index is 297. The SMILES string of the molecule is CC(NCC=C=S(=O)=O)C(C)(C)C. The third-order valence-corrected chi connectivity index (χ3v) is 2.36. The highest BCUT2D eigenvalue weighted by molar-refractivity contribution is 7.70. The quantitative estimate of drug-likeness (QED) is 0.692. The molecule has 0 aliphatic rings. The largest absolute Gasteiger partial charge is 0.310 e. The van der Waals surface area contributed by atoms with E-state index in [-0.39, 0.29) is 5.41 Å². The summed E-state index contributed by atoms with van der Waals surface area (Å²) in [7, 11) is -2.20. The summed E-state index contributed by atoms with van der Waals surface area (Å²) in [5, 5.41) is 5.37. The molecule has 0 saturated carbocycles. The van der Waals surface area contributed by atoms with Crippen molar-refractivity contribution in [1.29, 1.82) is 0 Å². The van der Waals surface area contributed by atoms with Crippen LogP contribution in [0.25, 0.3) is 0 Å². The molecule has 13 heavy (non-hydrogen) atoms. The van der Waals surface area contributed by atoms with Crippen molar-refractivity contribution >= 4 is 15.3 Å². The van der Waals surface area contributed by atoms with Gasteiger partial charge < -0.3 is 5.32 Å². The van der Waals surface area contributed by atoms with Gasteiger partial charge in [-0.3, -0.25) is 0 Å². The second-order valence-corrected chi connectivity index (χ2v) is 4.76. The average molecular weight is 203 g/mol. The second-order valence-electron chi connectivity index (χ2n) is 4.05. The van der Waals surface area contributed by atoms with Gasteiger partial charge in [0.05, 0.1) is 0 Å². The first-order valence-electron chi connectivity index (χ1n) is 4.24. The van der Waals surface area contributed by atoms with Crippen molar-refractivity contribution in [3.8, 4) is 0 Å². The fraction of sp³-hybridized carbons (Fsp3) is 0.778. The zero-order valence-corrected chi connectivity index (χ0v) is 9.40. The summed E-state index contributed by atoms with van der Waals surface area (Å²) >= 11 is 0. The van der Waals surface area contributed by atoms with E-state index in [1.54, 1.807) is 0 Å². The van der Waals surface area contributed by atoms with Gasteiger partial charge in [0.1, 0.15) is 0 Å². The van der Waals surface area contributed by atoms with E-state index >= 15 is 0 Å². The Balaban J connectivity index is 4.00. The Kier molecular flexibility index (Phi) is 4.99. The van der Waals surface area contributed by atoms with E-state index in [0.717, 1.165) is 0 Å². The normalized spacial score (nSPS) is 13.2. The van der Waals surface area contributed by atoms with Crippen LogP contribution in [0.1, 0.15) is 27.7 Å². The molecule has 0 aliphatic heterocycles. The average Bonchev–Trinajstić information content (AvgIpc) is 1.95. The molecule has 0 fully saturated rings. The van der Waals surface area contributed by atoms with Crippen molar-refractivity contribution in [2.24, 2.45) is 5.41 Å². The van der Waals surface area contributed by atoms with Gasteiger partial charge in [0.15, 0.2) is 0 Å². The van der Waals surface area contributed by atoms with Gasteiger partial charge in [0.2, 0.25) is 0 Å². The van der Waals surface area contributed by atoms with Gasteiger partial charge in [-0.05, 0) is 18.4 Å². The van der Waals surface area contributed by atoms with Crippen molar-refractivity contribution in [2.75, 3.05) is 6.54 Å². The lowest BCUT2D eigenvalue weighted by Gasteiger charge is -2.27. The zero-order chi connectivity index (χ0) is 10.5. The molecule has 0 bridgehead atoms. The van der Waals surface area contributed by atoms with Crippen molar-refractivity contribution in [1.82, 2.24) is 5.32 Å². The molecule has 76 valence electrons. The molecule has 0 saturated heterocycles. The Morgan fingerprint density at radius 2 is 2.00 bits per heavy atom. The number of rotatable bonds is 3.